The predicted octanol–water partition coefficient (Wildman–Crippen LogP) is 9.39. The van der Waals surface area contributed by atoms with E-state index in [0.29, 0.717) is 0 Å². The van der Waals surface area contributed by atoms with E-state index in [1.165, 1.54) is 47.9 Å². The molecule has 4 aromatic rings. The van der Waals surface area contributed by atoms with Gasteiger partial charge in [0.25, 0.3) is 0 Å². The van der Waals surface area contributed by atoms with Gasteiger partial charge in [-0.3, -0.25) is 0 Å². The molecule has 0 atom stereocenters. The highest BCUT2D eigenvalue weighted by Gasteiger charge is 2.19. The van der Waals surface area contributed by atoms with Crippen LogP contribution < -0.4 is 0 Å². The van der Waals surface area contributed by atoms with Gasteiger partial charge < -0.3 is 0 Å². The highest BCUT2D eigenvalue weighted by atomic mass is 14.2. The second kappa shape index (κ2) is 13.5. The Labute approximate surface area is 230 Å². The van der Waals surface area contributed by atoms with Gasteiger partial charge in [-0.05, 0) is 99.5 Å². The molecule has 0 bridgehead atoms. The van der Waals surface area contributed by atoms with E-state index in [0.717, 1.165) is 34.1 Å². The average molecular weight is 495 g/mol. The zero-order chi connectivity index (χ0) is 26.7. The molecule has 5 rings (SSSR count). The quantitative estimate of drug-likeness (QED) is 0.231. The summed E-state index contributed by atoms with van der Waals surface area (Å²) in [6.07, 6.45) is 5.43. The zero-order valence-electron chi connectivity index (χ0n) is 23.2. The maximum absolute atomic E-state index is 3.27. The van der Waals surface area contributed by atoms with E-state index in [1.807, 2.05) is 0 Å². The van der Waals surface area contributed by atoms with Crippen LogP contribution in [0.2, 0.25) is 0 Å². The molecule has 0 radical (unpaired) electrons. The molecule has 0 unspecified atom stereocenters. The van der Waals surface area contributed by atoms with Gasteiger partial charge in [0.2, 0.25) is 0 Å². The van der Waals surface area contributed by atoms with Crippen molar-refractivity contribution in [2.75, 3.05) is 0 Å². The summed E-state index contributed by atoms with van der Waals surface area (Å²) in [6.45, 7) is 8.64. The summed E-state index contributed by atoms with van der Waals surface area (Å²) in [5, 5.41) is 0. The fourth-order valence-corrected chi connectivity index (χ4v) is 4.63. The highest BCUT2D eigenvalue weighted by molar-refractivity contribution is 5.45. The lowest BCUT2D eigenvalue weighted by Crippen LogP contribution is -2.10. The van der Waals surface area contributed by atoms with Crippen molar-refractivity contribution in [3.63, 3.8) is 0 Å². The third-order valence-corrected chi connectivity index (χ3v) is 7.25. The first kappa shape index (κ1) is 27.0. The van der Waals surface area contributed by atoms with Gasteiger partial charge in [-0.15, -0.1) is 0 Å². The molecule has 1 saturated carbocycles. The summed E-state index contributed by atoms with van der Waals surface area (Å²) < 4.78 is 0. The summed E-state index contributed by atoms with van der Waals surface area (Å²) >= 11 is 0. The monoisotopic (exact) mass is 494 g/mol. The van der Waals surface area contributed by atoms with Gasteiger partial charge in [0.05, 0.1) is 0 Å². The molecule has 0 saturated heterocycles. The van der Waals surface area contributed by atoms with Gasteiger partial charge in [0.1, 0.15) is 0 Å². The minimum Gasteiger partial charge on any atom is -0.0625 e. The lowest BCUT2D eigenvalue weighted by Gasteiger charge is -2.26. The van der Waals surface area contributed by atoms with Gasteiger partial charge in [-0.2, -0.15) is 0 Å². The van der Waals surface area contributed by atoms with Gasteiger partial charge in [0.15, 0.2) is 0 Å². The number of hydrogen-bond donors (Lipinski definition) is 0. The fraction of sp³-hybridized carbons (Fsp3) is 0.263. The Kier molecular flexibility index (Phi) is 9.62. The summed E-state index contributed by atoms with van der Waals surface area (Å²) in [7, 11) is 0. The van der Waals surface area contributed by atoms with E-state index in [9.17, 15) is 0 Å². The summed E-state index contributed by atoms with van der Waals surface area (Å²) in [6, 6.07) is 33.8. The van der Waals surface area contributed by atoms with E-state index in [4.69, 9.17) is 0 Å². The fourth-order valence-electron chi connectivity index (χ4n) is 4.63. The summed E-state index contributed by atoms with van der Waals surface area (Å²) in [4.78, 5) is 0. The Morgan fingerprint density at radius 1 is 0.421 bits per heavy atom. The normalized spacial score (nSPS) is 16.1. The minimum atomic E-state index is 0.760. The van der Waals surface area contributed by atoms with Crippen molar-refractivity contribution in [3.8, 4) is 23.7 Å². The maximum Gasteiger partial charge on any atom is 0.0249 e. The number of hydrogen-bond acceptors (Lipinski definition) is 0. The molecule has 1 aliphatic carbocycles. The molecule has 0 nitrogen and oxygen atoms in total. The lowest BCUT2D eigenvalue weighted by atomic mass is 9.79. The van der Waals surface area contributed by atoms with Crippen molar-refractivity contribution in [1.29, 1.82) is 0 Å². The van der Waals surface area contributed by atoms with Crippen LogP contribution in [0, 0.1) is 50.4 Å². The van der Waals surface area contributed by atoms with E-state index < -0.39 is 0 Å². The molecule has 0 heteroatoms. The van der Waals surface area contributed by atoms with Crippen LogP contribution in [0.1, 0.15) is 83.0 Å². The van der Waals surface area contributed by atoms with Crippen LogP contribution in [0.5, 0.6) is 0 Å². The van der Waals surface area contributed by atoms with Crippen LogP contribution in [0.4, 0.5) is 0 Å². The molecule has 0 amide bonds. The van der Waals surface area contributed by atoms with Gasteiger partial charge >= 0.3 is 0 Å². The number of aryl methyl sites for hydroxylation is 3. The van der Waals surface area contributed by atoms with Crippen LogP contribution in [0.15, 0.2) is 97.1 Å². The summed E-state index contributed by atoms with van der Waals surface area (Å²) in [5.41, 5.74) is 9.60. The smallest absolute Gasteiger partial charge is 0.0249 e. The second-order valence-corrected chi connectivity index (χ2v) is 10.7. The molecule has 0 heterocycles. The minimum absolute atomic E-state index is 0.760. The molecule has 0 spiro atoms. The molecule has 4 aromatic carbocycles. The topological polar surface area (TPSA) is 0 Å². The van der Waals surface area contributed by atoms with E-state index >= 15 is 0 Å². The molecule has 1 aliphatic rings. The van der Waals surface area contributed by atoms with Crippen LogP contribution in [0.25, 0.3) is 0 Å². The first-order valence-electron chi connectivity index (χ1n) is 13.8. The summed E-state index contributed by atoms with van der Waals surface area (Å²) in [5.74, 6) is 14.5. The van der Waals surface area contributed by atoms with Crippen molar-refractivity contribution in [2.24, 2.45) is 5.92 Å². The molecule has 38 heavy (non-hydrogen) atoms. The Morgan fingerprint density at radius 2 is 0.711 bits per heavy atom. The van der Waals surface area contributed by atoms with Crippen molar-refractivity contribution >= 4 is 0 Å². The van der Waals surface area contributed by atoms with Crippen LogP contribution in [-0.2, 0) is 0 Å². The first-order chi connectivity index (χ1) is 18.4. The number of benzene rings is 4. The zero-order valence-corrected chi connectivity index (χ0v) is 23.2. The molecule has 0 aliphatic heterocycles. The Balaban J connectivity index is 0.000000186. The standard InChI is InChI=1S/C22H24.C16H14/c1-17-3-7-19(8-4-17)9-10-20-11-15-22(16-12-20)21-13-5-18(2)6-14-21;1-13-3-7-15(8-4-13)11-12-16-9-5-14(2)6-10-16/h3-4,7-8,11-12,15-16,18,21H,5-6,13-14H2,1-2H3;3-10H,1-2H3. The SMILES string of the molecule is Cc1ccc(C#Cc2ccc(C)cc2)cc1.Cc1ccc(C#Cc2ccc(C3CCC(C)CC3)cc2)cc1. The van der Waals surface area contributed by atoms with Crippen LogP contribution >= 0.6 is 0 Å². The second-order valence-electron chi connectivity index (χ2n) is 10.7. The predicted molar refractivity (Wildman–Crippen MR) is 162 cm³/mol. The third kappa shape index (κ3) is 8.54. The van der Waals surface area contributed by atoms with Gasteiger partial charge in [-0.1, -0.05) is 109 Å². The van der Waals surface area contributed by atoms with Crippen LogP contribution in [-0.4, -0.2) is 0 Å². The van der Waals surface area contributed by atoms with Crippen molar-refractivity contribution in [3.05, 3.63) is 142 Å². The van der Waals surface area contributed by atoms with Crippen molar-refractivity contribution < 1.29 is 0 Å². The maximum atomic E-state index is 3.27. The van der Waals surface area contributed by atoms with Gasteiger partial charge in [-0.25, -0.2) is 0 Å². The molecule has 190 valence electrons. The highest BCUT2D eigenvalue weighted by Crippen LogP contribution is 2.35. The Morgan fingerprint density at radius 3 is 1.03 bits per heavy atom. The molecule has 0 N–H and O–H groups in total. The Hall–Kier alpha value is -4.00. The van der Waals surface area contributed by atoms with E-state index in [1.54, 1.807) is 0 Å². The molecular formula is C38H38. The largest absolute Gasteiger partial charge is 0.0625 e. The van der Waals surface area contributed by atoms with Crippen molar-refractivity contribution in [2.45, 2.75) is 59.3 Å². The van der Waals surface area contributed by atoms with E-state index in [2.05, 4.69) is 148 Å². The van der Waals surface area contributed by atoms with E-state index in [-0.39, 0.29) is 0 Å². The van der Waals surface area contributed by atoms with Crippen LogP contribution in [0.3, 0.4) is 0 Å². The molecule has 1 fully saturated rings. The third-order valence-electron chi connectivity index (χ3n) is 7.25. The Bertz CT molecular complexity index is 1350. The van der Waals surface area contributed by atoms with Crippen molar-refractivity contribution in [1.82, 2.24) is 0 Å². The van der Waals surface area contributed by atoms with Gasteiger partial charge in [0, 0.05) is 22.3 Å². The molecule has 0 aromatic heterocycles. The first-order valence-corrected chi connectivity index (χ1v) is 13.8. The average Bonchev–Trinajstić information content (AvgIpc) is 2.94. The number of rotatable bonds is 1. The lowest BCUT2D eigenvalue weighted by molar-refractivity contribution is 0.348. The molecular weight excluding hydrogens is 456 g/mol.